The predicted molar refractivity (Wildman–Crippen MR) is 144 cm³/mol. The summed E-state index contributed by atoms with van der Waals surface area (Å²) in [5.74, 6) is 1.14. The minimum absolute atomic E-state index is 0.215. The Morgan fingerprint density at radius 2 is 1.62 bits per heavy atom. The maximum atomic E-state index is 12.5. The number of carbonyl (C=O) groups excluding carboxylic acids is 1. The first-order valence-corrected chi connectivity index (χ1v) is 14.3. The van der Waals surface area contributed by atoms with Gasteiger partial charge in [0.2, 0.25) is 10.0 Å². The second-order valence-corrected chi connectivity index (χ2v) is 11.6. The molecule has 5 nitrogen and oxygen atoms in total. The van der Waals surface area contributed by atoms with Crippen LogP contribution in [0.4, 0.5) is 5.69 Å². The maximum Gasteiger partial charge on any atom is 0.251 e. The van der Waals surface area contributed by atoms with Crippen LogP contribution in [0.3, 0.4) is 0 Å². The van der Waals surface area contributed by atoms with Crippen LogP contribution in [0.2, 0.25) is 10.0 Å². The quantitative estimate of drug-likeness (QED) is 0.326. The van der Waals surface area contributed by atoms with Crippen LogP contribution in [0.5, 0.6) is 0 Å². The molecule has 180 valence electrons. The van der Waals surface area contributed by atoms with Crippen molar-refractivity contribution in [3.8, 4) is 0 Å². The van der Waals surface area contributed by atoms with Gasteiger partial charge in [-0.3, -0.25) is 9.10 Å². The van der Waals surface area contributed by atoms with Gasteiger partial charge in [-0.1, -0.05) is 53.5 Å². The Balaban J connectivity index is 1.57. The fourth-order valence-electron chi connectivity index (χ4n) is 3.30. The van der Waals surface area contributed by atoms with Crippen LogP contribution in [0.25, 0.3) is 0 Å². The highest BCUT2D eigenvalue weighted by molar-refractivity contribution is 7.98. The van der Waals surface area contributed by atoms with Crippen molar-refractivity contribution in [1.29, 1.82) is 0 Å². The maximum absolute atomic E-state index is 12.5. The van der Waals surface area contributed by atoms with Crippen LogP contribution in [-0.4, -0.2) is 32.9 Å². The van der Waals surface area contributed by atoms with Gasteiger partial charge in [0.15, 0.2) is 0 Å². The van der Waals surface area contributed by atoms with Crippen molar-refractivity contribution >= 4 is 56.6 Å². The SMILES string of the molecule is Cc1ccccc1CN(c1ccc(C(=O)NCCSCc2c(Cl)cccc2Cl)cc1)S(C)(=O)=O. The number of thioether (sulfide) groups is 1. The summed E-state index contributed by atoms with van der Waals surface area (Å²) in [4.78, 5) is 12.5. The summed E-state index contributed by atoms with van der Waals surface area (Å²) in [6.07, 6.45) is 1.18. The van der Waals surface area contributed by atoms with Gasteiger partial charge in [0.05, 0.1) is 18.5 Å². The first-order chi connectivity index (χ1) is 16.2. The molecule has 0 saturated heterocycles. The lowest BCUT2D eigenvalue weighted by Gasteiger charge is -2.23. The zero-order valence-corrected chi connectivity index (χ0v) is 22.1. The molecule has 0 saturated carbocycles. The third-order valence-electron chi connectivity index (χ3n) is 5.23. The van der Waals surface area contributed by atoms with Crippen molar-refractivity contribution < 1.29 is 13.2 Å². The highest BCUT2D eigenvalue weighted by Gasteiger charge is 2.19. The van der Waals surface area contributed by atoms with E-state index >= 15 is 0 Å². The highest BCUT2D eigenvalue weighted by atomic mass is 35.5. The van der Waals surface area contributed by atoms with E-state index in [1.165, 1.54) is 10.6 Å². The van der Waals surface area contributed by atoms with E-state index in [0.29, 0.717) is 39.3 Å². The molecule has 0 radical (unpaired) electrons. The van der Waals surface area contributed by atoms with Crippen molar-refractivity contribution in [3.05, 3.63) is 99.0 Å². The van der Waals surface area contributed by atoms with Crippen LogP contribution in [0.1, 0.15) is 27.0 Å². The Hall–Kier alpha value is -2.19. The molecule has 9 heteroatoms. The Bertz CT molecular complexity index is 1230. The van der Waals surface area contributed by atoms with Gasteiger partial charge in [-0.25, -0.2) is 8.42 Å². The van der Waals surface area contributed by atoms with Gasteiger partial charge >= 0.3 is 0 Å². The largest absolute Gasteiger partial charge is 0.351 e. The number of halogens is 2. The molecule has 3 rings (SSSR count). The molecular weight excluding hydrogens is 511 g/mol. The number of anilines is 1. The predicted octanol–water partition coefficient (Wildman–Crippen LogP) is 5.93. The smallest absolute Gasteiger partial charge is 0.251 e. The molecule has 0 aliphatic carbocycles. The third kappa shape index (κ3) is 7.15. The van der Waals surface area contributed by atoms with Crippen LogP contribution in [0, 0.1) is 6.92 Å². The molecule has 0 aliphatic rings. The summed E-state index contributed by atoms with van der Waals surface area (Å²) in [5.41, 5.74) is 3.80. The van der Waals surface area contributed by atoms with Crippen LogP contribution in [0.15, 0.2) is 66.7 Å². The molecule has 3 aromatic carbocycles. The van der Waals surface area contributed by atoms with Gasteiger partial charge in [0.1, 0.15) is 0 Å². The molecule has 0 spiro atoms. The van der Waals surface area contributed by atoms with E-state index in [4.69, 9.17) is 23.2 Å². The van der Waals surface area contributed by atoms with Crippen molar-refractivity contribution in [2.75, 3.05) is 22.9 Å². The standard InChI is InChI=1S/C25H26Cl2N2O3S2/c1-18-6-3-4-7-20(18)16-29(34(2,31)32)21-12-10-19(11-13-21)25(30)28-14-15-33-17-22-23(26)8-5-9-24(22)27/h3-13H,14-17H2,1-2H3,(H,28,30). The minimum Gasteiger partial charge on any atom is -0.351 e. The first kappa shape index (κ1) is 26.4. The Labute approximate surface area is 215 Å². The lowest BCUT2D eigenvalue weighted by molar-refractivity contribution is 0.0956. The molecule has 3 aromatic rings. The van der Waals surface area contributed by atoms with E-state index in [1.807, 2.05) is 37.3 Å². The zero-order chi connectivity index (χ0) is 24.7. The molecule has 1 amide bonds. The number of carbonyl (C=O) groups is 1. The van der Waals surface area contributed by atoms with E-state index in [1.54, 1.807) is 48.2 Å². The van der Waals surface area contributed by atoms with Crippen molar-refractivity contribution in [3.63, 3.8) is 0 Å². The number of hydrogen-bond donors (Lipinski definition) is 1. The van der Waals surface area contributed by atoms with Crippen LogP contribution >= 0.6 is 35.0 Å². The number of nitrogens with one attached hydrogen (secondary N) is 1. The Morgan fingerprint density at radius 1 is 0.971 bits per heavy atom. The molecule has 0 unspecified atom stereocenters. The van der Waals surface area contributed by atoms with E-state index in [9.17, 15) is 13.2 Å². The number of nitrogens with zero attached hydrogens (tertiary/aromatic N) is 1. The van der Waals surface area contributed by atoms with E-state index in [0.717, 1.165) is 16.7 Å². The van der Waals surface area contributed by atoms with E-state index < -0.39 is 10.0 Å². The highest BCUT2D eigenvalue weighted by Crippen LogP contribution is 2.28. The van der Waals surface area contributed by atoms with Crippen LogP contribution < -0.4 is 9.62 Å². The summed E-state index contributed by atoms with van der Waals surface area (Å²) in [6, 6.07) is 19.7. The third-order valence-corrected chi connectivity index (χ3v) is 8.07. The molecule has 0 aromatic heterocycles. The Kier molecular flexibility index (Phi) is 9.31. The monoisotopic (exact) mass is 536 g/mol. The normalized spacial score (nSPS) is 11.3. The topological polar surface area (TPSA) is 66.5 Å². The van der Waals surface area contributed by atoms with E-state index in [-0.39, 0.29) is 12.5 Å². The van der Waals surface area contributed by atoms with Gasteiger partial charge in [0.25, 0.3) is 5.91 Å². The lowest BCUT2D eigenvalue weighted by Crippen LogP contribution is -2.30. The van der Waals surface area contributed by atoms with Gasteiger partial charge in [0, 0.05) is 33.7 Å². The molecule has 0 aliphatic heterocycles. The number of hydrogen-bond acceptors (Lipinski definition) is 4. The van der Waals surface area contributed by atoms with E-state index in [2.05, 4.69) is 5.32 Å². The van der Waals surface area contributed by atoms with Gasteiger partial charge in [-0.05, 0) is 60.0 Å². The molecule has 0 heterocycles. The first-order valence-electron chi connectivity index (χ1n) is 10.6. The van der Waals surface area contributed by atoms with Crippen molar-refractivity contribution in [1.82, 2.24) is 5.32 Å². The molecule has 0 fully saturated rings. The second kappa shape index (κ2) is 12.0. The lowest BCUT2D eigenvalue weighted by atomic mass is 10.1. The molecular formula is C25H26Cl2N2O3S2. The number of aryl methyl sites for hydroxylation is 1. The van der Waals surface area contributed by atoms with Gasteiger partial charge in [-0.15, -0.1) is 0 Å². The minimum atomic E-state index is -3.50. The summed E-state index contributed by atoms with van der Waals surface area (Å²) >= 11 is 14.0. The number of benzene rings is 3. The summed E-state index contributed by atoms with van der Waals surface area (Å²) in [6.45, 7) is 2.66. The number of sulfonamides is 1. The summed E-state index contributed by atoms with van der Waals surface area (Å²) < 4.78 is 26.2. The average Bonchev–Trinajstić information content (AvgIpc) is 2.79. The van der Waals surface area contributed by atoms with Gasteiger partial charge < -0.3 is 5.32 Å². The zero-order valence-electron chi connectivity index (χ0n) is 18.9. The Morgan fingerprint density at radius 3 is 2.24 bits per heavy atom. The van der Waals surface area contributed by atoms with Gasteiger partial charge in [-0.2, -0.15) is 11.8 Å². The number of rotatable bonds is 10. The van der Waals surface area contributed by atoms with Crippen molar-refractivity contribution in [2.24, 2.45) is 0 Å². The van der Waals surface area contributed by atoms with Crippen LogP contribution in [-0.2, 0) is 22.3 Å². The molecule has 0 atom stereocenters. The van der Waals surface area contributed by atoms with Crippen molar-refractivity contribution in [2.45, 2.75) is 19.2 Å². The fourth-order valence-corrected chi connectivity index (χ4v) is 5.78. The molecule has 34 heavy (non-hydrogen) atoms. The average molecular weight is 538 g/mol. The second-order valence-electron chi connectivity index (χ2n) is 7.75. The molecule has 1 N–H and O–H groups in total. The number of amides is 1. The summed E-state index contributed by atoms with van der Waals surface area (Å²) in [7, 11) is -3.50. The fraction of sp³-hybridized carbons (Fsp3) is 0.240. The molecule has 0 bridgehead atoms. The summed E-state index contributed by atoms with van der Waals surface area (Å²) in [5, 5.41) is 4.15.